The van der Waals surface area contributed by atoms with E-state index in [9.17, 15) is 4.79 Å². The number of rotatable bonds is 2. The Balaban J connectivity index is 1.92. The highest BCUT2D eigenvalue weighted by atomic mass is 35.5. The first-order chi connectivity index (χ1) is 11.1. The molecule has 3 aromatic rings. The minimum atomic E-state index is -0.458. The van der Waals surface area contributed by atoms with E-state index in [0.717, 1.165) is 22.9 Å². The van der Waals surface area contributed by atoms with Crippen LogP contribution >= 0.6 is 11.6 Å². The Hall–Kier alpha value is -2.30. The van der Waals surface area contributed by atoms with Crippen LogP contribution in [0.4, 0.5) is 0 Å². The van der Waals surface area contributed by atoms with Crippen molar-refractivity contribution in [3.63, 3.8) is 0 Å². The van der Waals surface area contributed by atoms with E-state index >= 15 is 0 Å². The molecule has 2 aromatic carbocycles. The highest BCUT2D eigenvalue weighted by molar-refractivity contribution is 6.31. The zero-order chi connectivity index (χ0) is 16.1. The lowest BCUT2D eigenvalue weighted by molar-refractivity contribution is 0.0989. The predicted octanol–water partition coefficient (Wildman–Crippen LogP) is 3.19. The SMILES string of the molecule is NC(=O)c1cc2cc(Cl)ccc2n1C1Cc2ccccc2C1N. The van der Waals surface area contributed by atoms with E-state index in [4.69, 9.17) is 23.1 Å². The van der Waals surface area contributed by atoms with Crippen LogP contribution in [0.25, 0.3) is 10.9 Å². The van der Waals surface area contributed by atoms with Crippen LogP contribution < -0.4 is 11.5 Å². The van der Waals surface area contributed by atoms with Crippen LogP contribution in [0.3, 0.4) is 0 Å². The number of hydrogen-bond acceptors (Lipinski definition) is 2. The molecule has 0 radical (unpaired) electrons. The number of carbonyl (C=O) groups is 1. The van der Waals surface area contributed by atoms with E-state index in [-0.39, 0.29) is 12.1 Å². The quantitative estimate of drug-likeness (QED) is 0.759. The van der Waals surface area contributed by atoms with Gasteiger partial charge >= 0.3 is 0 Å². The third-order valence-electron chi connectivity index (χ3n) is 4.64. The topological polar surface area (TPSA) is 74.0 Å². The first-order valence-corrected chi connectivity index (χ1v) is 7.88. The summed E-state index contributed by atoms with van der Waals surface area (Å²) in [6, 6.07) is 15.3. The van der Waals surface area contributed by atoms with Crippen molar-refractivity contribution in [2.24, 2.45) is 11.5 Å². The molecular weight excluding hydrogens is 310 g/mol. The van der Waals surface area contributed by atoms with Gasteiger partial charge in [0, 0.05) is 15.9 Å². The summed E-state index contributed by atoms with van der Waals surface area (Å²) in [5.74, 6) is -0.458. The maximum atomic E-state index is 11.9. The van der Waals surface area contributed by atoms with Crippen molar-refractivity contribution in [2.75, 3.05) is 0 Å². The van der Waals surface area contributed by atoms with Crippen LogP contribution in [-0.2, 0) is 6.42 Å². The van der Waals surface area contributed by atoms with E-state index in [0.29, 0.717) is 10.7 Å². The molecule has 4 nitrogen and oxygen atoms in total. The molecule has 0 bridgehead atoms. The van der Waals surface area contributed by atoms with Crippen LogP contribution in [0.15, 0.2) is 48.5 Å². The Labute approximate surface area is 138 Å². The van der Waals surface area contributed by atoms with Crippen LogP contribution in [0.2, 0.25) is 5.02 Å². The summed E-state index contributed by atoms with van der Waals surface area (Å²) < 4.78 is 1.97. The van der Waals surface area contributed by atoms with E-state index < -0.39 is 5.91 Å². The number of aromatic nitrogens is 1. The van der Waals surface area contributed by atoms with Gasteiger partial charge in [-0.1, -0.05) is 35.9 Å². The van der Waals surface area contributed by atoms with Gasteiger partial charge in [-0.05, 0) is 41.8 Å². The summed E-state index contributed by atoms with van der Waals surface area (Å²) in [7, 11) is 0. The average Bonchev–Trinajstić information content (AvgIpc) is 3.05. The Kier molecular flexibility index (Phi) is 3.18. The molecular formula is C18H16ClN3O. The number of nitrogens with zero attached hydrogens (tertiary/aromatic N) is 1. The number of amides is 1. The van der Waals surface area contributed by atoms with Gasteiger partial charge in [-0.2, -0.15) is 0 Å². The van der Waals surface area contributed by atoms with Crippen molar-refractivity contribution >= 4 is 28.4 Å². The molecule has 0 fully saturated rings. The maximum absolute atomic E-state index is 11.9. The van der Waals surface area contributed by atoms with Gasteiger partial charge < -0.3 is 16.0 Å². The molecule has 1 heterocycles. The number of primary amides is 1. The number of nitrogens with two attached hydrogens (primary N) is 2. The Bertz CT molecular complexity index is 931. The number of hydrogen-bond donors (Lipinski definition) is 2. The molecule has 0 saturated heterocycles. The van der Waals surface area contributed by atoms with Crippen molar-refractivity contribution in [1.82, 2.24) is 4.57 Å². The minimum absolute atomic E-state index is 0.0337. The van der Waals surface area contributed by atoms with Gasteiger partial charge in [0.2, 0.25) is 0 Å². The predicted molar refractivity (Wildman–Crippen MR) is 91.6 cm³/mol. The fraction of sp³-hybridized carbons (Fsp3) is 0.167. The Morgan fingerprint density at radius 2 is 1.96 bits per heavy atom. The van der Waals surface area contributed by atoms with Crippen LogP contribution in [0.1, 0.15) is 33.7 Å². The first-order valence-electron chi connectivity index (χ1n) is 7.50. The molecule has 1 aliphatic rings. The monoisotopic (exact) mass is 325 g/mol. The van der Waals surface area contributed by atoms with Crippen molar-refractivity contribution in [2.45, 2.75) is 18.5 Å². The summed E-state index contributed by atoms with van der Waals surface area (Å²) >= 11 is 6.07. The highest BCUT2D eigenvalue weighted by Gasteiger charge is 2.33. The van der Waals surface area contributed by atoms with E-state index in [1.807, 2.05) is 41.0 Å². The molecule has 116 valence electrons. The summed E-state index contributed by atoms with van der Waals surface area (Å²) in [4.78, 5) is 11.9. The normalized spacial score (nSPS) is 19.9. The van der Waals surface area contributed by atoms with Crippen molar-refractivity contribution in [1.29, 1.82) is 0 Å². The summed E-state index contributed by atoms with van der Waals surface area (Å²) in [5.41, 5.74) is 15.8. The largest absolute Gasteiger partial charge is 0.364 e. The number of carbonyl (C=O) groups excluding carboxylic acids is 1. The fourth-order valence-electron chi connectivity index (χ4n) is 3.61. The summed E-state index contributed by atoms with van der Waals surface area (Å²) in [5, 5.41) is 1.53. The molecule has 2 atom stereocenters. The van der Waals surface area contributed by atoms with Gasteiger partial charge in [0.25, 0.3) is 5.91 Å². The van der Waals surface area contributed by atoms with Gasteiger partial charge in [-0.25, -0.2) is 0 Å². The molecule has 23 heavy (non-hydrogen) atoms. The first kappa shape index (κ1) is 14.3. The molecule has 4 N–H and O–H groups in total. The van der Waals surface area contributed by atoms with E-state index in [1.54, 1.807) is 6.07 Å². The number of benzene rings is 2. The minimum Gasteiger partial charge on any atom is -0.364 e. The molecule has 2 unspecified atom stereocenters. The smallest absolute Gasteiger partial charge is 0.265 e. The lowest BCUT2D eigenvalue weighted by Crippen LogP contribution is -2.25. The lowest BCUT2D eigenvalue weighted by Gasteiger charge is -2.21. The van der Waals surface area contributed by atoms with Crippen LogP contribution in [0.5, 0.6) is 0 Å². The second-order valence-electron chi connectivity index (χ2n) is 5.96. The summed E-state index contributed by atoms with van der Waals surface area (Å²) in [6.07, 6.45) is 0.782. The van der Waals surface area contributed by atoms with Gasteiger partial charge in [-0.15, -0.1) is 0 Å². The average molecular weight is 326 g/mol. The van der Waals surface area contributed by atoms with Gasteiger partial charge in [0.05, 0.1) is 12.1 Å². The second-order valence-corrected chi connectivity index (χ2v) is 6.40. The Morgan fingerprint density at radius 1 is 1.17 bits per heavy atom. The maximum Gasteiger partial charge on any atom is 0.265 e. The number of halogens is 1. The van der Waals surface area contributed by atoms with Gasteiger partial charge in [0.15, 0.2) is 0 Å². The molecule has 1 aromatic heterocycles. The fourth-order valence-corrected chi connectivity index (χ4v) is 3.79. The molecule has 5 heteroatoms. The van der Waals surface area contributed by atoms with Crippen LogP contribution in [0, 0.1) is 0 Å². The number of fused-ring (bicyclic) bond motifs is 2. The molecule has 0 spiro atoms. The lowest BCUT2D eigenvalue weighted by atomic mass is 10.1. The van der Waals surface area contributed by atoms with Crippen molar-refractivity contribution < 1.29 is 4.79 Å². The highest BCUT2D eigenvalue weighted by Crippen LogP contribution is 2.40. The molecule has 0 aliphatic heterocycles. The van der Waals surface area contributed by atoms with E-state index in [2.05, 4.69) is 6.07 Å². The zero-order valence-corrected chi connectivity index (χ0v) is 13.1. The molecule has 4 rings (SSSR count). The third-order valence-corrected chi connectivity index (χ3v) is 4.88. The summed E-state index contributed by atoms with van der Waals surface area (Å²) in [6.45, 7) is 0. The molecule has 1 aliphatic carbocycles. The van der Waals surface area contributed by atoms with Gasteiger partial charge in [0.1, 0.15) is 5.69 Å². The second kappa shape index (κ2) is 5.11. The zero-order valence-electron chi connectivity index (χ0n) is 12.4. The van der Waals surface area contributed by atoms with Gasteiger partial charge in [-0.3, -0.25) is 4.79 Å². The van der Waals surface area contributed by atoms with Crippen molar-refractivity contribution in [3.05, 3.63) is 70.4 Å². The standard InChI is InChI=1S/C18H16ClN3O/c19-12-5-6-14-11(7-12)9-16(18(21)23)22(14)15-8-10-3-1-2-4-13(10)17(15)20/h1-7,9,15,17H,8,20H2,(H2,21,23). The third kappa shape index (κ3) is 2.14. The van der Waals surface area contributed by atoms with E-state index in [1.165, 1.54) is 5.56 Å². The Morgan fingerprint density at radius 3 is 2.70 bits per heavy atom. The van der Waals surface area contributed by atoms with Crippen LogP contribution in [-0.4, -0.2) is 10.5 Å². The van der Waals surface area contributed by atoms with Crippen molar-refractivity contribution in [3.8, 4) is 0 Å². The molecule has 0 saturated carbocycles. The molecule has 1 amide bonds.